The van der Waals surface area contributed by atoms with Crippen molar-refractivity contribution in [3.8, 4) is 0 Å². The zero-order chi connectivity index (χ0) is 14.5. The lowest BCUT2D eigenvalue weighted by atomic mass is 10.3. The molecule has 2 N–H and O–H groups in total. The summed E-state index contributed by atoms with van der Waals surface area (Å²) in [5.41, 5.74) is 0.846. The van der Waals surface area contributed by atoms with Gasteiger partial charge in [0.2, 0.25) is 5.91 Å². The molecule has 0 heterocycles. The maximum atomic E-state index is 13.5. The van der Waals surface area contributed by atoms with Crippen LogP contribution in [0.15, 0.2) is 42.5 Å². The first kappa shape index (κ1) is 14.6. The summed E-state index contributed by atoms with van der Waals surface area (Å²) in [5.74, 6) is -0.932. The Morgan fingerprint density at radius 2 is 1.70 bits per heavy atom. The Morgan fingerprint density at radius 1 is 1.05 bits per heavy atom. The molecule has 104 valence electrons. The smallest absolute Gasteiger partial charge is 0.243 e. The van der Waals surface area contributed by atoms with Crippen LogP contribution in [0.2, 0.25) is 10.0 Å². The maximum absolute atomic E-state index is 13.5. The zero-order valence-electron chi connectivity index (χ0n) is 10.3. The van der Waals surface area contributed by atoms with Crippen LogP contribution in [0, 0.1) is 5.82 Å². The number of amides is 1. The van der Waals surface area contributed by atoms with E-state index >= 15 is 0 Å². The second-order valence-electron chi connectivity index (χ2n) is 4.03. The van der Waals surface area contributed by atoms with Crippen LogP contribution in [0.3, 0.4) is 0 Å². The molecule has 2 aromatic rings. The standard InChI is InChI=1S/C14H11Cl2FN2O/c15-9-1-4-11(5-2-9)18-8-14(20)19-13-6-3-10(16)7-12(13)17/h1-7,18H,8H2,(H,19,20). The lowest BCUT2D eigenvalue weighted by Crippen LogP contribution is -2.22. The van der Waals surface area contributed by atoms with Gasteiger partial charge in [-0.1, -0.05) is 23.2 Å². The van der Waals surface area contributed by atoms with Crippen molar-refractivity contribution in [1.82, 2.24) is 0 Å². The van der Waals surface area contributed by atoms with Gasteiger partial charge in [-0.25, -0.2) is 4.39 Å². The third kappa shape index (κ3) is 4.11. The van der Waals surface area contributed by atoms with E-state index < -0.39 is 5.82 Å². The van der Waals surface area contributed by atoms with E-state index in [0.717, 1.165) is 11.8 Å². The minimum absolute atomic E-state index is 0.0176. The molecule has 3 nitrogen and oxygen atoms in total. The second kappa shape index (κ2) is 6.59. The number of carbonyl (C=O) groups excluding carboxylic acids is 1. The fourth-order valence-corrected chi connectivity index (χ4v) is 1.82. The van der Waals surface area contributed by atoms with Gasteiger partial charge < -0.3 is 10.6 Å². The van der Waals surface area contributed by atoms with Gasteiger partial charge in [-0.15, -0.1) is 0 Å². The van der Waals surface area contributed by atoms with Gasteiger partial charge >= 0.3 is 0 Å². The highest BCUT2D eigenvalue weighted by molar-refractivity contribution is 6.31. The zero-order valence-corrected chi connectivity index (χ0v) is 11.8. The van der Waals surface area contributed by atoms with E-state index in [1.807, 2.05) is 0 Å². The van der Waals surface area contributed by atoms with E-state index in [2.05, 4.69) is 10.6 Å². The van der Waals surface area contributed by atoms with Gasteiger partial charge in [0.25, 0.3) is 0 Å². The van der Waals surface area contributed by atoms with Crippen molar-refractivity contribution in [2.75, 3.05) is 17.2 Å². The molecule has 2 aromatic carbocycles. The summed E-state index contributed by atoms with van der Waals surface area (Å²) in [6.07, 6.45) is 0. The molecule has 6 heteroatoms. The third-order valence-corrected chi connectivity index (χ3v) is 2.99. The van der Waals surface area contributed by atoms with Crippen molar-refractivity contribution < 1.29 is 9.18 Å². The number of benzene rings is 2. The first-order valence-corrected chi connectivity index (χ1v) is 6.54. The van der Waals surface area contributed by atoms with Crippen molar-refractivity contribution in [2.45, 2.75) is 0 Å². The van der Waals surface area contributed by atoms with Crippen LogP contribution in [0.1, 0.15) is 0 Å². The highest BCUT2D eigenvalue weighted by atomic mass is 35.5. The number of halogens is 3. The summed E-state index contributed by atoms with van der Waals surface area (Å²) in [4.78, 5) is 11.7. The Labute approximate surface area is 125 Å². The molecule has 0 saturated carbocycles. The second-order valence-corrected chi connectivity index (χ2v) is 4.91. The number of carbonyl (C=O) groups is 1. The third-order valence-electron chi connectivity index (χ3n) is 2.50. The van der Waals surface area contributed by atoms with E-state index in [1.165, 1.54) is 12.1 Å². The highest BCUT2D eigenvalue weighted by Crippen LogP contribution is 2.19. The lowest BCUT2D eigenvalue weighted by Gasteiger charge is -2.08. The Balaban J connectivity index is 1.90. The summed E-state index contributed by atoms with van der Waals surface area (Å²) in [6.45, 7) is 0.0176. The maximum Gasteiger partial charge on any atom is 0.243 e. The Bertz CT molecular complexity index is 617. The molecule has 0 bridgehead atoms. The quantitative estimate of drug-likeness (QED) is 0.889. The van der Waals surface area contributed by atoms with Crippen LogP contribution in [0.25, 0.3) is 0 Å². The van der Waals surface area contributed by atoms with E-state index in [0.29, 0.717) is 5.02 Å². The topological polar surface area (TPSA) is 41.1 Å². The molecule has 0 spiro atoms. The number of rotatable bonds is 4. The van der Waals surface area contributed by atoms with E-state index in [4.69, 9.17) is 23.2 Å². The van der Waals surface area contributed by atoms with Crippen LogP contribution in [0.5, 0.6) is 0 Å². The van der Waals surface area contributed by atoms with Crippen LogP contribution in [-0.2, 0) is 4.79 Å². The fourth-order valence-electron chi connectivity index (χ4n) is 1.54. The Hall–Kier alpha value is -1.78. The number of hydrogen-bond donors (Lipinski definition) is 2. The summed E-state index contributed by atoms with van der Waals surface area (Å²) in [7, 11) is 0. The predicted octanol–water partition coefficient (Wildman–Crippen LogP) is 4.18. The highest BCUT2D eigenvalue weighted by Gasteiger charge is 2.07. The van der Waals surface area contributed by atoms with Crippen molar-refractivity contribution in [2.24, 2.45) is 0 Å². The Morgan fingerprint density at radius 3 is 2.35 bits per heavy atom. The van der Waals surface area contributed by atoms with Gasteiger partial charge in [-0.3, -0.25) is 4.79 Å². The van der Waals surface area contributed by atoms with Crippen molar-refractivity contribution >= 4 is 40.5 Å². The largest absolute Gasteiger partial charge is 0.376 e. The molecule has 0 atom stereocenters. The molecular formula is C14H11Cl2FN2O. The average molecular weight is 313 g/mol. The molecule has 1 amide bonds. The van der Waals surface area contributed by atoms with Crippen LogP contribution < -0.4 is 10.6 Å². The Kier molecular flexibility index (Phi) is 4.82. The molecule has 2 rings (SSSR count). The number of nitrogens with one attached hydrogen (secondary N) is 2. The molecule has 0 aromatic heterocycles. The summed E-state index contributed by atoms with van der Waals surface area (Å²) >= 11 is 11.4. The molecule has 0 saturated heterocycles. The first-order chi connectivity index (χ1) is 9.54. The van der Waals surface area contributed by atoms with Gasteiger partial charge in [-0.2, -0.15) is 0 Å². The van der Waals surface area contributed by atoms with Gasteiger partial charge in [-0.05, 0) is 42.5 Å². The van der Waals surface area contributed by atoms with Crippen LogP contribution >= 0.6 is 23.2 Å². The van der Waals surface area contributed by atoms with Gasteiger partial charge in [0.05, 0.1) is 12.2 Å². The van der Waals surface area contributed by atoms with Gasteiger partial charge in [0.15, 0.2) is 0 Å². The van der Waals surface area contributed by atoms with Gasteiger partial charge in [0.1, 0.15) is 5.82 Å². The van der Waals surface area contributed by atoms with Crippen molar-refractivity contribution in [3.05, 3.63) is 58.3 Å². The van der Waals surface area contributed by atoms with Crippen LogP contribution in [0.4, 0.5) is 15.8 Å². The summed E-state index contributed by atoms with van der Waals surface area (Å²) in [5, 5.41) is 6.25. The average Bonchev–Trinajstić information content (AvgIpc) is 2.41. The van der Waals surface area contributed by atoms with Crippen LogP contribution in [-0.4, -0.2) is 12.5 Å². The van der Waals surface area contributed by atoms with E-state index in [-0.39, 0.29) is 23.2 Å². The molecule has 0 aliphatic rings. The first-order valence-electron chi connectivity index (χ1n) is 5.79. The number of hydrogen-bond acceptors (Lipinski definition) is 2. The molecule has 0 radical (unpaired) electrons. The minimum atomic E-state index is -0.572. The molecule has 0 aliphatic carbocycles. The predicted molar refractivity (Wildman–Crippen MR) is 80.0 cm³/mol. The molecule has 0 fully saturated rings. The minimum Gasteiger partial charge on any atom is -0.376 e. The molecule has 0 unspecified atom stereocenters. The van der Waals surface area contributed by atoms with Crippen molar-refractivity contribution in [3.63, 3.8) is 0 Å². The number of anilines is 2. The fraction of sp³-hybridized carbons (Fsp3) is 0.0714. The van der Waals surface area contributed by atoms with Gasteiger partial charge in [0, 0.05) is 15.7 Å². The molecule has 20 heavy (non-hydrogen) atoms. The lowest BCUT2D eigenvalue weighted by molar-refractivity contribution is -0.114. The monoisotopic (exact) mass is 312 g/mol. The summed E-state index contributed by atoms with van der Waals surface area (Å²) in [6, 6.07) is 11.0. The van der Waals surface area contributed by atoms with E-state index in [1.54, 1.807) is 24.3 Å². The SMILES string of the molecule is O=C(CNc1ccc(Cl)cc1)Nc1ccc(Cl)cc1F. The summed E-state index contributed by atoms with van der Waals surface area (Å²) < 4.78 is 13.5. The van der Waals surface area contributed by atoms with E-state index in [9.17, 15) is 9.18 Å². The normalized spacial score (nSPS) is 10.2. The molecule has 0 aliphatic heterocycles. The molecular weight excluding hydrogens is 302 g/mol. The van der Waals surface area contributed by atoms with Crippen molar-refractivity contribution in [1.29, 1.82) is 0 Å².